The summed E-state index contributed by atoms with van der Waals surface area (Å²) in [7, 11) is 1.59. The number of carboxylic acid groups (broad SMARTS) is 1. The lowest BCUT2D eigenvalue weighted by atomic mass is 9.72. The van der Waals surface area contributed by atoms with Crippen molar-refractivity contribution in [2.45, 2.75) is 20.3 Å². The molecule has 0 radical (unpaired) electrons. The number of benzene rings is 1. The second-order valence-corrected chi connectivity index (χ2v) is 4.85. The van der Waals surface area contributed by atoms with Gasteiger partial charge in [-0.25, -0.2) is 0 Å². The second-order valence-electron chi connectivity index (χ2n) is 4.85. The summed E-state index contributed by atoms with van der Waals surface area (Å²) in [6, 6.07) is 7.45. The molecule has 1 aromatic rings. The van der Waals surface area contributed by atoms with Crippen LogP contribution in [0.4, 0.5) is 0 Å². The van der Waals surface area contributed by atoms with E-state index in [1.807, 2.05) is 38.1 Å². The van der Waals surface area contributed by atoms with Crippen LogP contribution in [0.3, 0.4) is 0 Å². The lowest BCUT2D eigenvalue weighted by Gasteiger charge is -2.32. The number of carbonyl (C=O) groups is 1. The molecule has 0 spiro atoms. The highest BCUT2D eigenvalue weighted by Gasteiger charge is 2.40. The Balaban J connectivity index is 3.06. The minimum atomic E-state index is -0.924. The third-order valence-electron chi connectivity index (χ3n) is 3.55. The van der Waals surface area contributed by atoms with Crippen molar-refractivity contribution in [1.29, 1.82) is 0 Å². The second kappa shape index (κ2) is 5.87. The molecule has 0 saturated heterocycles. The normalized spacial score (nSPS) is 14.3. The Morgan fingerprint density at radius 2 is 2.17 bits per heavy atom. The van der Waals surface area contributed by atoms with Gasteiger partial charge < -0.3 is 15.6 Å². The van der Waals surface area contributed by atoms with Gasteiger partial charge in [0.25, 0.3) is 0 Å². The van der Waals surface area contributed by atoms with E-state index in [1.54, 1.807) is 7.11 Å². The molecule has 1 unspecified atom stereocenters. The third kappa shape index (κ3) is 2.82. The molecule has 1 atom stereocenters. The summed E-state index contributed by atoms with van der Waals surface area (Å²) in [5, 5.41) is 9.47. The van der Waals surface area contributed by atoms with Crippen molar-refractivity contribution in [1.82, 2.24) is 0 Å². The number of aliphatic carboxylic acids is 1. The van der Waals surface area contributed by atoms with E-state index in [0.29, 0.717) is 6.42 Å². The molecule has 4 nitrogen and oxygen atoms in total. The molecule has 18 heavy (non-hydrogen) atoms. The van der Waals surface area contributed by atoms with E-state index in [-0.39, 0.29) is 12.5 Å². The third-order valence-corrected chi connectivity index (χ3v) is 3.55. The average molecular weight is 251 g/mol. The van der Waals surface area contributed by atoms with Crippen molar-refractivity contribution in [3.63, 3.8) is 0 Å². The molecule has 0 aliphatic heterocycles. The van der Waals surface area contributed by atoms with E-state index < -0.39 is 11.4 Å². The highest BCUT2D eigenvalue weighted by atomic mass is 16.5. The first-order chi connectivity index (χ1) is 8.46. The Morgan fingerprint density at radius 3 is 2.61 bits per heavy atom. The largest absolute Gasteiger partial charge is 0.497 e. The van der Waals surface area contributed by atoms with Crippen LogP contribution in [0, 0.1) is 11.3 Å². The summed E-state index contributed by atoms with van der Waals surface area (Å²) in [6.45, 7) is 3.90. The molecule has 0 amide bonds. The van der Waals surface area contributed by atoms with E-state index in [1.165, 1.54) is 0 Å². The summed E-state index contributed by atoms with van der Waals surface area (Å²) in [5.41, 5.74) is 5.72. The highest BCUT2D eigenvalue weighted by Crippen LogP contribution is 2.32. The van der Waals surface area contributed by atoms with Gasteiger partial charge in [-0.1, -0.05) is 26.0 Å². The van der Waals surface area contributed by atoms with Gasteiger partial charge in [0.15, 0.2) is 0 Å². The van der Waals surface area contributed by atoms with Gasteiger partial charge in [0.2, 0.25) is 0 Å². The fraction of sp³-hybridized carbons (Fsp3) is 0.500. The molecule has 1 rings (SSSR count). The molecule has 0 aromatic heterocycles. The molecule has 0 heterocycles. The molecule has 3 N–H and O–H groups in total. The fourth-order valence-electron chi connectivity index (χ4n) is 2.07. The van der Waals surface area contributed by atoms with Crippen molar-refractivity contribution in [2.75, 3.05) is 13.7 Å². The van der Waals surface area contributed by atoms with Crippen LogP contribution in [0.5, 0.6) is 5.75 Å². The van der Waals surface area contributed by atoms with Gasteiger partial charge in [-0.3, -0.25) is 4.79 Å². The van der Waals surface area contributed by atoms with Gasteiger partial charge in [0, 0.05) is 6.54 Å². The van der Waals surface area contributed by atoms with Crippen LogP contribution >= 0.6 is 0 Å². The monoisotopic (exact) mass is 251 g/mol. The van der Waals surface area contributed by atoms with Crippen LogP contribution < -0.4 is 10.5 Å². The van der Waals surface area contributed by atoms with Crippen LogP contribution in [0.1, 0.15) is 19.4 Å². The first-order valence-electron chi connectivity index (χ1n) is 6.02. The molecule has 0 bridgehead atoms. The number of hydrogen-bond acceptors (Lipinski definition) is 3. The van der Waals surface area contributed by atoms with E-state index in [4.69, 9.17) is 10.5 Å². The van der Waals surface area contributed by atoms with Gasteiger partial charge in [-0.15, -0.1) is 0 Å². The molecule has 0 fully saturated rings. The lowest BCUT2D eigenvalue weighted by molar-refractivity contribution is -0.151. The first-order valence-corrected chi connectivity index (χ1v) is 6.02. The predicted octanol–water partition coefficient (Wildman–Crippen LogP) is 1.92. The summed E-state index contributed by atoms with van der Waals surface area (Å²) in [4.78, 5) is 11.5. The quantitative estimate of drug-likeness (QED) is 0.810. The highest BCUT2D eigenvalue weighted by molar-refractivity contribution is 5.75. The Labute approximate surface area is 108 Å². The molecule has 1 aromatic carbocycles. The van der Waals surface area contributed by atoms with Gasteiger partial charge in [-0.05, 0) is 30.0 Å². The zero-order chi connectivity index (χ0) is 13.8. The number of methoxy groups -OCH3 is 1. The Hall–Kier alpha value is -1.55. The van der Waals surface area contributed by atoms with Crippen molar-refractivity contribution in [2.24, 2.45) is 17.1 Å². The van der Waals surface area contributed by atoms with E-state index in [0.717, 1.165) is 11.3 Å². The molecular formula is C14H21NO3. The van der Waals surface area contributed by atoms with E-state index >= 15 is 0 Å². The summed E-state index contributed by atoms with van der Waals surface area (Å²) >= 11 is 0. The minimum absolute atomic E-state index is 0.0359. The Bertz CT molecular complexity index is 417. The molecule has 0 aliphatic carbocycles. The van der Waals surface area contributed by atoms with Gasteiger partial charge in [-0.2, -0.15) is 0 Å². The molecule has 4 heteroatoms. The van der Waals surface area contributed by atoms with Crippen LogP contribution in [-0.4, -0.2) is 24.7 Å². The fourth-order valence-corrected chi connectivity index (χ4v) is 2.07. The van der Waals surface area contributed by atoms with Crippen LogP contribution in [0.25, 0.3) is 0 Å². The average Bonchev–Trinajstić information content (AvgIpc) is 2.35. The van der Waals surface area contributed by atoms with Crippen molar-refractivity contribution in [3.05, 3.63) is 29.8 Å². The summed E-state index contributed by atoms with van der Waals surface area (Å²) in [6.07, 6.45) is 0.410. The van der Waals surface area contributed by atoms with Crippen LogP contribution in [-0.2, 0) is 11.2 Å². The summed E-state index contributed by atoms with van der Waals surface area (Å²) in [5.74, 6) is -0.151. The van der Waals surface area contributed by atoms with Crippen molar-refractivity contribution in [3.8, 4) is 5.75 Å². The first kappa shape index (κ1) is 14.5. The van der Waals surface area contributed by atoms with Crippen LogP contribution in [0.2, 0.25) is 0 Å². The van der Waals surface area contributed by atoms with Gasteiger partial charge in [0.1, 0.15) is 5.75 Å². The number of nitrogens with two attached hydrogens (primary N) is 1. The number of hydrogen-bond donors (Lipinski definition) is 2. The topological polar surface area (TPSA) is 72.5 Å². The van der Waals surface area contributed by atoms with E-state index in [2.05, 4.69) is 0 Å². The lowest BCUT2D eigenvalue weighted by Crippen LogP contribution is -2.45. The number of rotatable bonds is 6. The molecule has 0 aliphatic rings. The van der Waals surface area contributed by atoms with Gasteiger partial charge in [0.05, 0.1) is 12.5 Å². The maximum absolute atomic E-state index is 11.5. The smallest absolute Gasteiger partial charge is 0.311 e. The molecule has 100 valence electrons. The minimum Gasteiger partial charge on any atom is -0.497 e. The molecular weight excluding hydrogens is 230 g/mol. The Kier molecular flexibility index (Phi) is 4.73. The zero-order valence-electron chi connectivity index (χ0n) is 11.1. The SMILES string of the molecule is COc1cccc(CC(CN)(C(=O)O)C(C)C)c1. The van der Waals surface area contributed by atoms with Gasteiger partial charge >= 0.3 is 5.97 Å². The Morgan fingerprint density at radius 1 is 1.50 bits per heavy atom. The maximum atomic E-state index is 11.5. The van der Waals surface area contributed by atoms with Crippen LogP contribution in [0.15, 0.2) is 24.3 Å². The number of carboxylic acids is 1. The molecule has 0 saturated carbocycles. The summed E-state index contributed by atoms with van der Waals surface area (Å²) < 4.78 is 5.15. The number of ether oxygens (including phenoxy) is 1. The standard InChI is InChI=1S/C14H21NO3/c1-10(2)14(9-15,13(16)17)8-11-5-4-6-12(7-11)18-3/h4-7,10H,8-9,15H2,1-3H3,(H,16,17). The predicted molar refractivity (Wildman–Crippen MR) is 70.7 cm³/mol. The van der Waals surface area contributed by atoms with Crippen molar-refractivity contribution >= 4 is 5.97 Å². The van der Waals surface area contributed by atoms with E-state index in [9.17, 15) is 9.90 Å². The van der Waals surface area contributed by atoms with Crippen molar-refractivity contribution < 1.29 is 14.6 Å². The maximum Gasteiger partial charge on any atom is 0.311 e. The zero-order valence-corrected chi connectivity index (χ0v) is 11.1.